The number of nitrogens with two attached hydrogens (primary N) is 1. The third-order valence-corrected chi connectivity index (χ3v) is 3.61. The normalized spacial score (nSPS) is 10.1. The summed E-state index contributed by atoms with van der Waals surface area (Å²) in [4.78, 5) is 16.7. The fourth-order valence-electron chi connectivity index (χ4n) is 1.71. The monoisotopic (exact) mass is 299 g/mol. The van der Waals surface area contributed by atoms with E-state index in [9.17, 15) is 4.79 Å². The Kier molecular flexibility index (Phi) is 5.09. The summed E-state index contributed by atoms with van der Waals surface area (Å²) in [6.45, 7) is 4.40. The average molecular weight is 299 g/mol. The first kappa shape index (κ1) is 15.2. The number of benzene rings is 1. The third kappa shape index (κ3) is 3.91. The van der Waals surface area contributed by atoms with E-state index in [1.165, 1.54) is 11.3 Å². The van der Waals surface area contributed by atoms with Crippen molar-refractivity contribution in [1.29, 1.82) is 0 Å². The quantitative estimate of drug-likeness (QED) is 0.856. The summed E-state index contributed by atoms with van der Waals surface area (Å²) in [7, 11) is 0. The van der Waals surface area contributed by atoms with E-state index in [-0.39, 0.29) is 12.5 Å². The Morgan fingerprint density at radius 3 is 2.86 bits per heavy atom. The number of nitrogens with one attached hydrogen (secondary N) is 1. The van der Waals surface area contributed by atoms with Gasteiger partial charge in [0.15, 0.2) is 5.13 Å². The molecule has 0 aliphatic heterocycles. The Balaban J connectivity index is 2.20. The highest BCUT2D eigenvalue weighted by atomic mass is 32.1. The minimum absolute atomic E-state index is 0.207. The first-order valence-electron chi connectivity index (χ1n) is 6.66. The molecule has 0 bridgehead atoms. The van der Waals surface area contributed by atoms with E-state index in [1.807, 2.05) is 17.5 Å². The molecule has 0 saturated heterocycles. The number of amides is 1. The molecule has 0 aliphatic rings. The minimum atomic E-state index is -0.207. The fraction of sp³-hybridized carbons (Fsp3) is 0.250. The van der Waals surface area contributed by atoms with Gasteiger partial charge in [-0.25, -0.2) is 4.98 Å². The molecule has 0 unspecified atom stereocenters. The van der Waals surface area contributed by atoms with E-state index in [0.717, 1.165) is 5.69 Å². The van der Waals surface area contributed by atoms with Gasteiger partial charge in [-0.15, -0.1) is 11.3 Å². The minimum Gasteiger partial charge on any atom is -0.320 e. The lowest BCUT2D eigenvalue weighted by molar-refractivity contribution is 0.102. The van der Waals surface area contributed by atoms with Crippen molar-refractivity contribution in [2.24, 2.45) is 5.73 Å². The Hall–Kier alpha value is -2.16. The second-order valence-electron chi connectivity index (χ2n) is 4.74. The van der Waals surface area contributed by atoms with Crippen molar-refractivity contribution in [3.05, 3.63) is 46.5 Å². The smallest absolute Gasteiger partial charge is 0.258 e. The standard InChI is InChI=1S/C16H17N3OS/c1-11(2)14-10-21-16(18-14)19-15(20)13-8-4-3-6-12(13)7-5-9-17/h3-4,6,8,10-11H,9,17H2,1-2H3,(H,18,19,20). The molecule has 0 saturated carbocycles. The largest absolute Gasteiger partial charge is 0.320 e. The molecule has 0 atom stereocenters. The van der Waals surface area contributed by atoms with Crippen LogP contribution in [-0.2, 0) is 0 Å². The molecule has 4 nitrogen and oxygen atoms in total. The first-order valence-corrected chi connectivity index (χ1v) is 7.54. The molecule has 0 aliphatic carbocycles. The van der Waals surface area contributed by atoms with Crippen LogP contribution in [0.25, 0.3) is 0 Å². The maximum atomic E-state index is 12.3. The van der Waals surface area contributed by atoms with Crippen LogP contribution in [0.5, 0.6) is 0 Å². The number of anilines is 1. The molecule has 3 N–H and O–H groups in total. The van der Waals surface area contributed by atoms with Crippen molar-refractivity contribution in [1.82, 2.24) is 4.98 Å². The summed E-state index contributed by atoms with van der Waals surface area (Å²) in [6, 6.07) is 7.20. The number of carbonyl (C=O) groups is 1. The number of rotatable bonds is 3. The van der Waals surface area contributed by atoms with Crippen LogP contribution >= 0.6 is 11.3 Å². The lowest BCUT2D eigenvalue weighted by atomic mass is 10.1. The number of nitrogens with zero attached hydrogens (tertiary/aromatic N) is 1. The van der Waals surface area contributed by atoms with Gasteiger partial charge in [0, 0.05) is 10.9 Å². The lowest BCUT2D eigenvalue weighted by Crippen LogP contribution is -2.13. The van der Waals surface area contributed by atoms with Gasteiger partial charge >= 0.3 is 0 Å². The van der Waals surface area contributed by atoms with Crippen LogP contribution < -0.4 is 11.1 Å². The SMILES string of the molecule is CC(C)c1csc(NC(=O)c2ccccc2C#CCN)n1. The van der Waals surface area contributed by atoms with E-state index in [1.54, 1.807) is 12.1 Å². The van der Waals surface area contributed by atoms with Crippen LogP contribution in [0.2, 0.25) is 0 Å². The Morgan fingerprint density at radius 1 is 1.43 bits per heavy atom. The van der Waals surface area contributed by atoms with Crippen LogP contribution in [-0.4, -0.2) is 17.4 Å². The molecular formula is C16H17N3OS. The van der Waals surface area contributed by atoms with Gasteiger partial charge in [0.05, 0.1) is 17.8 Å². The van der Waals surface area contributed by atoms with Crippen molar-refractivity contribution in [3.8, 4) is 11.8 Å². The molecule has 1 heterocycles. The van der Waals surface area contributed by atoms with E-state index in [4.69, 9.17) is 5.73 Å². The molecule has 21 heavy (non-hydrogen) atoms. The van der Waals surface area contributed by atoms with Gasteiger partial charge in [-0.3, -0.25) is 10.1 Å². The van der Waals surface area contributed by atoms with E-state index in [2.05, 4.69) is 36.0 Å². The first-order chi connectivity index (χ1) is 10.1. The molecule has 108 valence electrons. The maximum Gasteiger partial charge on any atom is 0.258 e. The van der Waals surface area contributed by atoms with E-state index >= 15 is 0 Å². The molecule has 2 aromatic rings. The third-order valence-electron chi connectivity index (χ3n) is 2.83. The Morgan fingerprint density at radius 2 is 2.19 bits per heavy atom. The zero-order chi connectivity index (χ0) is 15.2. The van der Waals surface area contributed by atoms with Crippen molar-refractivity contribution in [2.75, 3.05) is 11.9 Å². The molecule has 5 heteroatoms. The second kappa shape index (κ2) is 7.02. The number of hydrogen-bond donors (Lipinski definition) is 2. The highest BCUT2D eigenvalue weighted by molar-refractivity contribution is 7.14. The van der Waals surface area contributed by atoms with Gasteiger partial charge in [0.1, 0.15) is 0 Å². The van der Waals surface area contributed by atoms with Crippen molar-refractivity contribution in [3.63, 3.8) is 0 Å². The molecule has 1 aromatic carbocycles. The summed E-state index contributed by atoms with van der Waals surface area (Å²) >= 11 is 1.43. The summed E-state index contributed by atoms with van der Waals surface area (Å²) in [5.74, 6) is 5.81. The topological polar surface area (TPSA) is 68.0 Å². The van der Waals surface area contributed by atoms with Crippen molar-refractivity contribution >= 4 is 22.4 Å². The summed E-state index contributed by atoms with van der Waals surface area (Å²) in [6.07, 6.45) is 0. The average Bonchev–Trinajstić information content (AvgIpc) is 2.94. The number of thiazole rings is 1. The fourth-order valence-corrected chi connectivity index (χ4v) is 2.58. The highest BCUT2D eigenvalue weighted by Gasteiger charge is 2.12. The van der Waals surface area contributed by atoms with Gasteiger partial charge in [0.2, 0.25) is 0 Å². The molecular weight excluding hydrogens is 282 g/mol. The van der Waals surface area contributed by atoms with Gasteiger partial charge in [-0.1, -0.05) is 37.8 Å². The molecule has 1 aromatic heterocycles. The Labute approximate surface area is 128 Å². The Bertz CT molecular complexity index is 695. The summed E-state index contributed by atoms with van der Waals surface area (Å²) in [5, 5.41) is 5.38. The van der Waals surface area contributed by atoms with Gasteiger partial charge < -0.3 is 5.73 Å². The summed E-state index contributed by atoms with van der Waals surface area (Å²) in [5.41, 5.74) is 7.55. The van der Waals surface area contributed by atoms with E-state index in [0.29, 0.717) is 22.2 Å². The predicted octanol–water partition coefficient (Wildman–Crippen LogP) is 2.83. The van der Waals surface area contributed by atoms with Crippen molar-refractivity contribution in [2.45, 2.75) is 19.8 Å². The highest BCUT2D eigenvalue weighted by Crippen LogP contribution is 2.22. The van der Waals surface area contributed by atoms with Crippen LogP contribution in [0.4, 0.5) is 5.13 Å². The lowest BCUT2D eigenvalue weighted by Gasteiger charge is -2.04. The van der Waals surface area contributed by atoms with Gasteiger partial charge in [-0.05, 0) is 18.1 Å². The number of carbonyl (C=O) groups excluding carboxylic acids is 1. The van der Waals surface area contributed by atoms with Crippen LogP contribution in [0.1, 0.15) is 41.4 Å². The summed E-state index contributed by atoms with van der Waals surface area (Å²) < 4.78 is 0. The molecule has 0 fully saturated rings. The van der Waals surface area contributed by atoms with Gasteiger partial charge in [0.25, 0.3) is 5.91 Å². The second-order valence-corrected chi connectivity index (χ2v) is 5.60. The molecule has 0 spiro atoms. The molecule has 0 radical (unpaired) electrons. The number of hydrogen-bond acceptors (Lipinski definition) is 4. The molecule has 2 rings (SSSR count). The van der Waals surface area contributed by atoms with E-state index < -0.39 is 0 Å². The van der Waals surface area contributed by atoms with Crippen LogP contribution in [0, 0.1) is 11.8 Å². The van der Waals surface area contributed by atoms with Gasteiger partial charge in [-0.2, -0.15) is 0 Å². The molecule has 1 amide bonds. The zero-order valence-electron chi connectivity index (χ0n) is 12.0. The van der Waals surface area contributed by atoms with Crippen molar-refractivity contribution < 1.29 is 4.79 Å². The zero-order valence-corrected chi connectivity index (χ0v) is 12.8. The maximum absolute atomic E-state index is 12.3. The van der Waals surface area contributed by atoms with Crippen LogP contribution in [0.3, 0.4) is 0 Å². The predicted molar refractivity (Wildman–Crippen MR) is 86.5 cm³/mol. The number of aromatic nitrogens is 1. The van der Waals surface area contributed by atoms with Crippen LogP contribution in [0.15, 0.2) is 29.6 Å².